The topological polar surface area (TPSA) is 38.8 Å². The van der Waals surface area contributed by atoms with E-state index >= 15 is 0 Å². The van der Waals surface area contributed by atoms with Crippen LogP contribution in [-0.4, -0.2) is 44.2 Å². The van der Waals surface area contributed by atoms with Gasteiger partial charge in [0.15, 0.2) is 0 Å². The molecule has 104 valence electrons. The van der Waals surface area contributed by atoms with E-state index in [0.717, 1.165) is 31.6 Å². The Kier molecular flexibility index (Phi) is 4.80. The Balaban J connectivity index is 1.94. The van der Waals surface area contributed by atoms with Gasteiger partial charge in [0, 0.05) is 6.04 Å². The van der Waals surface area contributed by atoms with Gasteiger partial charge >= 0.3 is 5.97 Å². The third-order valence-electron chi connectivity index (χ3n) is 3.69. The summed E-state index contributed by atoms with van der Waals surface area (Å²) in [5.41, 5.74) is 1.28. The summed E-state index contributed by atoms with van der Waals surface area (Å²) in [6, 6.07) is 8.58. The van der Waals surface area contributed by atoms with Gasteiger partial charge in [0.05, 0.1) is 20.8 Å². The first kappa shape index (κ1) is 13.9. The molecule has 1 heterocycles. The highest BCUT2D eigenvalue weighted by Gasteiger charge is 2.26. The van der Waals surface area contributed by atoms with E-state index in [0.29, 0.717) is 12.6 Å². The van der Waals surface area contributed by atoms with Crippen molar-refractivity contribution < 1.29 is 14.3 Å². The smallest absolute Gasteiger partial charge is 0.319 e. The van der Waals surface area contributed by atoms with Crippen LogP contribution in [0.5, 0.6) is 5.75 Å². The van der Waals surface area contributed by atoms with E-state index in [1.54, 1.807) is 7.11 Å². The highest BCUT2D eigenvalue weighted by atomic mass is 16.5. The van der Waals surface area contributed by atoms with Crippen LogP contribution in [0.2, 0.25) is 0 Å². The van der Waals surface area contributed by atoms with E-state index < -0.39 is 0 Å². The monoisotopic (exact) mass is 263 g/mol. The van der Waals surface area contributed by atoms with Crippen LogP contribution in [-0.2, 0) is 16.0 Å². The van der Waals surface area contributed by atoms with Crippen LogP contribution in [0, 0.1) is 0 Å². The van der Waals surface area contributed by atoms with Gasteiger partial charge in [0.2, 0.25) is 0 Å². The average molecular weight is 263 g/mol. The Labute approximate surface area is 114 Å². The van der Waals surface area contributed by atoms with E-state index in [1.165, 1.54) is 12.7 Å². The van der Waals surface area contributed by atoms with Crippen molar-refractivity contribution in [3.05, 3.63) is 29.8 Å². The minimum absolute atomic E-state index is 0.151. The van der Waals surface area contributed by atoms with Crippen LogP contribution in [0.4, 0.5) is 0 Å². The van der Waals surface area contributed by atoms with Crippen molar-refractivity contribution in [1.29, 1.82) is 0 Å². The van der Waals surface area contributed by atoms with Crippen LogP contribution in [0.15, 0.2) is 24.3 Å². The van der Waals surface area contributed by atoms with Crippen LogP contribution in [0.25, 0.3) is 0 Å². The van der Waals surface area contributed by atoms with Crippen molar-refractivity contribution in [3.8, 4) is 5.75 Å². The molecule has 4 heteroatoms. The van der Waals surface area contributed by atoms with E-state index in [1.807, 2.05) is 12.1 Å². The number of esters is 1. The van der Waals surface area contributed by atoms with Crippen molar-refractivity contribution >= 4 is 5.97 Å². The minimum Gasteiger partial charge on any atom is -0.497 e. The van der Waals surface area contributed by atoms with Gasteiger partial charge in [0.1, 0.15) is 5.75 Å². The summed E-state index contributed by atoms with van der Waals surface area (Å²) >= 11 is 0. The SMILES string of the molecule is COC(=O)CN1CCC[C@H]1Cc1ccc(OC)cc1. The number of rotatable bonds is 5. The summed E-state index contributed by atoms with van der Waals surface area (Å²) in [5.74, 6) is 0.725. The molecule has 2 rings (SSSR count). The fourth-order valence-corrected chi connectivity index (χ4v) is 2.60. The third-order valence-corrected chi connectivity index (χ3v) is 3.69. The standard InChI is InChI=1S/C15H21NO3/c1-18-14-7-5-12(6-8-14)10-13-4-3-9-16(13)11-15(17)19-2/h5-8,13H,3-4,9-11H2,1-2H3/t13-/m0/s1. The molecule has 19 heavy (non-hydrogen) atoms. The highest BCUT2D eigenvalue weighted by molar-refractivity contribution is 5.71. The highest BCUT2D eigenvalue weighted by Crippen LogP contribution is 2.22. The lowest BCUT2D eigenvalue weighted by Crippen LogP contribution is -2.36. The fourth-order valence-electron chi connectivity index (χ4n) is 2.60. The summed E-state index contributed by atoms with van der Waals surface area (Å²) in [4.78, 5) is 13.6. The second-order valence-electron chi connectivity index (χ2n) is 4.89. The zero-order valence-corrected chi connectivity index (χ0v) is 11.6. The van der Waals surface area contributed by atoms with Gasteiger partial charge in [-0.05, 0) is 43.5 Å². The average Bonchev–Trinajstić information content (AvgIpc) is 2.86. The lowest BCUT2D eigenvalue weighted by molar-refractivity contribution is -0.142. The first-order valence-corrected chi connectivity index (χ1v) is 6.66. The van der Waals surface area contributed by atoms with Gasteiger partial charge in [-0.15, -0.1) is 0 Å². The maximum atomic E-state index is 11.4. The number of hydrogen-bond donors (Lipinski definition) is 0. The molecule has 1 fully saturated rings. The molecule has 0 unspecified atom stereocenters. The van der Waals surface area contributed by atoms with Crippen LogP contribution >= 0.6 is 0 Å². The second kappa shape index (κ2) is 6.57. The lowest BCUT2D eigenvalue weighted by Gasteiger charge is -2.23. The van der Waals surface area contributed by atoms with Gasteiger partial charge in [-0.1, -0.05) is 12.1 Å². The molecule has 0 spiro atoms. The molecule has 0 aromatic heterocycles. The molecule has 0 N–H and O–H groups in total. The molecule has 0 saturated carbocycles. The minimum atomic E-state index is -0.151. The molecule has 1 saturated heterocycles. The van der Waals surface area contributed by atoms with E-state index in [4.69, 9.17) is 9.47 Å². The number of ether oxygens (including phenoxy) is 2. The van der Waals surface area contributed by atoms with E-state index in [9.17, 15) is 4.79 Å². The zero-order valence-electron chi connectivity index (χ0n) is 11.6. The summed E-state index contributed by atoms with van der Waals surface area (Å²) in [7, 11) is 3.11. The first-order chi connectivity index (χ1) is 9.22. The van der Waals surface area contributed by atoms with E-state index in [-0.39, 0.29) is 5.97 Å². The number of likely N-dealkylation sites (tertiary alicyclic amines) is 1. The molecular formula is C15H21NO3. The summed E-state index contributed by atoms with van der Waals surface area (Å²) in [5, 5.41) is 0. The predicted molar refractivity (Wildman–Crippen MR) is 73.3 cm³/mol. The molecule has 0 radical (unpaired) electrons. The van der Waals surface area contributed by atoms with Crippen LogP contribution < -0.4 is 4.74 Å². The first-order valence-electron chi connectivity index (χ1n) is 6.66. The molecule has 4 nitrogen and oxygen atoms in total. The van der Waals surface area contributed by atoms with Gasteiger partial charge in [0.25, 0.3) is 0 Å². The predicted octanol–water partition coefficient (Wildman–Crippen LogP) is 1.88. The number of hydrogen-bond acceptors (Lipinski definition) is 4. The Bertz CT molecular complexity index is 416. The second-order valence-corrected chi connectivity index (χ2v) is 4.89. The zero-order chi connectivity index (χ0) is 13.7. The largest absolute Gasteiger partial charge is 0.497 e. The number of carbonyl (C=O) groups is 1. The van der Waals surface area contributed by atoms with Crippen molar-refractivity contribution in [1.82, 2.24) is 4.90 Å². The van der Waals surface area contributed by atoms with Gasteiger partial charge in [-0.25, -0.2) is 0 Å². The quantitative estimate of drug-likeness (QED) is 0.760. The van der Waals surface area contributed by atoms with Crippen LogP contribution in [0.1, 0.15) is 18.4 Å². The summed E-state index contributed by atoms with van der Waals surface area (Å²) < 4.78 is 9.90. The van der Waals surface area contributed by atoms with E-state index in [2.05, 4.69) is 17.0 Å². The van der Waals surface area contributed by atoms with Crippen molar-refractivity contribution in [2.24, 2.45) is 0 Å². The fraction of sp³-hybridized carbons (Fsp3) is 0.533. The lowest BCUT2D eigenvalue weighted by atomic mass is 10.0. The van der Waals surface area contributed by atoms with Crippen molar-refractivity contribution in [2.75, 3.05) is 27.3 Å². The molecule has 0 aliphatic carbocycles. The summed E-state index contributed by atoms with van der Waals surface area (Å²) in [6.45, 7) is 1.38. The number of carbonyl (C=O) groups excluding carboxylic acids is 1. The molecule has 0 amide bonds. The van der Waals surface area contributed by atoms with Crippen molar-refractivity contribution in [2.45, 2.75) is 25.3 Å². The Morgan fingerprint density at radius 2 is 2.05 bits per heavy atom. The molecule has 1 aliphatic heterocycles. The van der Waals surface area contributed by atoms with Gasteiger partial charge < -0.3 is 9.47 Å². The summed E-state index contributed by atoms with van der Waals surface area (Å²) in [6.07, 6.45) is 3.27. The molecular weight excluding hydrogens is 242 g/mol. The molecule has 1 aliphatic rings. The molecule has 1 aromatic carbocycles. The maximum Gasteiger partial charge on any atom is 0.319 e. The molecule has 0 bridgehead atoms. The van der Waals surface area contributed by atoms with Gasteiger partial charge in [-0.3, -0.25) is 9.69 Å². The molecule has 1 atom stereocenters. The third kappa shape index (κ3) is 3.70. The van der Waals surface area contributed by atoms with Crippen molar-refractivity contribution in [3.63, 3.8) is 0 Å². The molecule has 1 aromatic rings. The number of methoxy groups -OCH3 is 2. The Morgan fingerprint density at radius 3 is 2.68 bits per heavy atom. The Hall–Kier alpha value is -1.55. The normalized spacial score (nSPS) is 19.4. The van der Waals surface area contributed by atoms with Crippen LogP contribution in [0.3, 0.4) is 0 Å². The number of benzene rings is 1. The Morgan fingerprint density at radius 1 is 1.32 bits per heavy atom. The van der Waals surface area contributed by atoms with Gasteiger partial charge in [-0.2, -0.15) is 0 Å². The number of nitrogens with zero attached hydrogens (tertiary/aromatic N) is 1. The maximum absolute atomic E-state index is 11.4.